The van der Waals surface area contributed by atoms with Crippen LogP contribution in [0.15, 0.2) is 80.8 Å². The molecule has 1 fully saturated rings. The molecule has 4 rings (SSSR count). The Hall–Kier alpha value is -3.98. The van der Waals surface area contributed by atoms with Crippen molar-refractivity contribution in [2.45, 2.75) is 16.9 Å². The molecular weight excluding hydrogens is 442 g/mol. The van der Waals surface area contributed by atoms with Crippen LogP contribution >= 0.6 is 11.8 Å². The highest BCUT2D eigenvalue weighted by atomic mass is 32.2. The molecule has 3 aromatic rings. The van der Waals surface area contributed by atoms with Crippen LogP contribution in [0.1, 0.15) is 11.3 Å². The van der Waals surface area contributed by atoms with Crippen LogP contribution in [0.4, 0.5) is 10.5 Å². The Balaban J connectivity index is 1.41. The molecule has 0 saturated carbocycles. The number of nitrogens with one attached hydrogen (secondary N) is 2. The van der Waals surface area contributed by atoms with E-state index in [4.69, 9.17) is 9.15 Å². The van der Waals surface area contributed by atoms with E-state index in [1.807, 2.05) is 31.2 Å². The van der Waals surface area contributed by atoms with Crippen LogP contribution in [0.3, 0.4) is 0 Å². The van der Waals surface area contributed by atoms with E-state index >= 15 is 0 Å². The first kappa shape index (κ1) is 22.2. The number of carbonyl (C=O) groups excluding carboxylic acids is 3. The van der Waals surface area contributed by atoms with E-state index in [9.17, 15) is 14.4 Å². The van der Waals surface area contributed by atoms with Crippen LogP contribution < -0.4 is 15.4 Å². The summed E-state index contributed by atoms with van der Waals surface area (Å²) in [5.41, 5.74) is 1.65. The van der Waals surface area contributed by atoms with Gasteiger partial charge in [0.25, 0.3) is 5.91 Å². The number of anilines is 1. The monoisotopic (exact) mass is 463 g/mol. The number of para-hydroxylation sites is 2. The second-order valence-corrected chi connectivity index (χ2v) is 8.28. The zero-order valence-corrected chi connectivity index (χ0v) is 18.8. The van der Waals surface area contributed by atoms with Crippen molar-refractivity contribution in [2.24, 2.45) is 0 Å². The van der Waals surface area contributed by atoms with Crippen molar-refractivity contribution >= 4 is 41.4 Å². The van der Waals surface area contributed by atoms with Crippen LogP contribution in [-0.2, 0) is 9.59 Å². The minimum atomic E-state index is -0.678. The molecule has 1 aromatic heterocycles. The highest BCUT2D eigenvalue weighted by Gasteiger charge is 2.35. The Labute approximate surface area is 194 Å². The van der Waals surface area contributed by atoms with Crippen LogP contribution in [0.25, 0.3) is 6.08 Å². The summed E-state index contributed by atoms with van der Waals surface area (Å²) in [7, 11) is 1.48. The van der Waals surface area contributed by atoms with Crippen molar-refractivity contribution in [1.82, 2.24) is 10.2 Å². The first-order valence-corrected chi connectivity index (χ1v) is 10.9. The third kappa shape index (κ3) is 5.27. The Morgan fingerprint density at radius 2 is 1.88 bits per heavy atom. The summed E-state index contributed by atoms with van der Waals surface area (Å²) in [6.45, 7) is 1.58. The number of rotatable bonds is 7. The Kier molecular flexibility index (Phi) is 6.50. The number of nitrogens with zero attached hydrogens (tertiary/aromatic N) is 1. The van der Waals surface area contributed by atoms with E-state index in [0.717, 1.165) is 9.80 Å². The number of hydrogen-bond acceptors (Lipinski definition) is 6. The number of benzene rings is 2. The average Bonchev–Trinajstić information content (AvgIpc) is 3.35. The molecule has 1 saturated heterocycles. The Bertz CT molecular complexity index is 1230. The highest BCUT2D eigenvalue weighted by molar-refractivity contribution is 7.99. The number of aryl methyl sites for hydroxylation is 1. The van der Waals surface area contributed by atoms with Gasteiger partial charge in [-0.15, -0.1) is 0 Å². The van der Waals surface area contributed by atoms with Gasteiger partial charge >= 0.3 is 6.03 Å². The Morgan fingerprint density at radius 3 is 2.64 bits per heavy atom. The van der Waals surface area contributed by atoms with Crippen molar-refractivity contribution in [2.75, 3.05) is 19.0 Å². The molecule has 0 radical (unpaired) electrons. The number of amides is 4. The largest absolute Gasteiger partial charge is 0.495 e. The van der Waals surface area contributed by atoms with E-state index in [-0.39, 0.29) is 5.70 Å². The van der Waals surface area contributed by atoms with Gasteiger partial charge in [-0.1, -0.05) is 41.6 Å². The van der Waals surface area contributed by atoms with Gasteiger partial charge in [0.2, 0.25) is 5.91 Å². The maximum Gasteiger partial charge on any atom is 0.329 e. The normalized spacial score (nSPS) is 14.5. The van der Waals surface area contributed by atoms with E-state index in [1.165, 1.54) is 30.5 Å². The molecule has 168 valence electrons. The lowest BCUT2D eigenvalue weighted by atomic mass is 10.2. The predicted octanol–water partition coefficient (Wildman–Crippen LogP) is 4.28. The molecule has 2 N–H and O–H groups in total. The SMILES string of the molecule is COc1ccccc1NC(=O)CN1C(=O)N/C(=C/c2ccc(Sc3ccc(C)cc3)o2)C1=O. The molecule has 0 bridgehead atoms. The first-order valence-electron chi connectivity index (χ1n) is 10.0. The molecule has 1 aliphatic rings. The second kappa shape index (κ2) is 9.66. The molecule has 2 heterocycles. The Morgan fingerprint density at radius 1 is 1.12 bits per heavy atom. The van der Waals surface area contributed by atoms with Gasteiger partial charge in [-0.25, -0.2) is 9.69 Å². The summed E-state index contributed by atoms with van der Waals surface area (Å²) in [5, 5.41) is 5.78. The number of ether oxygens (including phenoxy) is 1. The van der Waals surface area contributed by atoms with Crippen molar-refractivity contribution in [3.05, 3.63) is 77.7 Å². The third-order valence-electron chi connectivity index (χ3n) is 4.77. The standard InChI is InChI=1S/C24H21N3O5S/c1-15-7-10-17(11-8-15)33-22-12-9-16(32-22)13-19-23(29)27(24(30)26-19)14-21(28)25-18-5-3-4-6-20(18)31-2/h3-13H,14H2,1-2H3,(H,25,28)(H,26,30)/b19-13+. The number of hydrogen-bond donors (Lipinski definition) is 2. The summed E-state index contributed by atoms with van der Waals surface area (Å²) >= 11 is 1.45. The minimum Gasteiger partial charge on any atom is -0.495 e. The topological polar surface area (TPSA) is 101 Å². The maximum atomic E-state index is 12.7. The van der Waals surface area contributed by atoms with Gasteiger partial charge in [0, 0.05) is 11.0 Å². The van der Waals surface area contributed by atoms with Crippen molar-refractivity contribution < 1.29 is 23.5 Å². The fourth-order valence-corrected chi connectivity index (χ4v) is 3.91. The van der Waals surface area contributed by atoms with Crippen molar-refractivity contribution in [3.63, 3.8) is 0 Å². The molecule has 0 atom stereocenters. The predicted molar refractivity (Wildman–Crippen MR) is 124 cm³/mol. The molecular formula is C24H21N3O5S. The second-order valence-electron chi connectivity index (χ2n) is 7.20. The molecule has 0 unspecified atom stereocenters. The number of methoxy groups -OCH3 is 1. The van der Waals surface area contributed by atoms with Crippen LogP contribution in [0.5, 0.6) is 5.75 Å². The summed E-state index contributed by atoms with van der Waals surface area (Å²) < 4.78 is 10.9. The van der Waals surface area contributed by atoms with E-state index in [2.05, 4.69) is 10.6 Å². The van der Waals surface area contributed by atoms with Gasteiger partial charge in [0.05, 0.1) is 12.8 Å². The maximum absolute atomic E-state index is 12.7. The van der Waals surface area contributed by atoms with Gasteiger partial charge in [-0.2, -0.15) is 0 Å². The summed E-state index contributed by atoms with van der Waals surface area (Å²) in [4.78, 5) is 39.2. The minimum absolute atomic E-state index is 0.0336. The number of furan rings is 1. The number of imide groups is 1. The molecule has 9 heteroatoms. The molecule has 4 amide bonds. The van der Waals surface area contributed by atoms with E-state index in [0.29, 0.717) is 22.3 Å². The van der Waals surface area contributed by atoms with Crippen molar-refractivity contribution in [3.8, 4) is 5.75 Å². The summed E-state index contributed by atoms with van der Waals surface area (Å²) in [5.74, 6) is -0.257. The molecule has 0 aliphatic carbocycles. The lowest BCUT2D eigenvalue weighted by Crippen LogP contribution is -2.38. The molecule has 8 nitrogen and oxygen atoms in total. The average molecular weight is 464 g/mol. The lowest BCUT2D eigenvalue weighted by Gasteiger charge is -2.13. The highest BCUT2D eigenvalue weighted by Crippen LogP contribution is 2.30. The van der Waals surface area contributed by atoms with Gasteiger partial charge in [-0.3, -0.25) is 9.59 Å². The summed E-state index contributed by atoms with van der Waals surface area (Å²) in [6, 6.07) is 17.7. The van der Waals surface area contributed by atoms with Gasteiger partial charge in [0.1, 0.15) is 23.8 Å². The first-order chi connectivity index (χ1) is 15.9. The fraction of sp³-hybridized carbons (Fsp3) is 0.125. The number of urea groups is 1. The molecule has 0 spiro atoms. The molecule has 1 aliphatic heterocycles. The molecule has 2 aromatic carbocycles. The van der Waals surface area contributed by atoms with Crippen LogP contribution in [0, 0.1) is 6.92 Å². The smallest absolute Gasteiger partial charge is 0.329 e. The zero-order chi connectivity index (χ0) is 23.4. The van der Waals surface area contributed by atoms with Gasteiger partial charge < -0.3 is 19.8 Å². The van der Waals surface area contributed by atoms with Crippen LogP contribution in [0.2, 0.25) is 0 Å². The van der Waals surface area contributed by atoms with E-state index in [1.54, 1.807) is 36.4 Å². The van der Waals surface area contributed by atoms with Crippen LogP contribution in [-0.4, -0.2) is 36.4 Å². The molecule has 33 heavy (non-hydrogen) atoms. The van der Waals surface area contributed by atoms with Gasteiger partial charge in [0.15, 0.2) is 5.09 Å². The fourth-order valence-electron chi connectivity index (χ4n) is 3.13. The summed E-state index contributed by atoms with van der Waals surface area (Å²) in [6.07, 6.45) is 1.44. The lowest BCUT2D eigenvalue weighted by molar-refractivity contribution is -0.127. The zero-order valence-electron chi connectivity index (χ0n) is 18.0. The number of carbonyl (C=O) groups is 3. The van der Waals surface area contributed by atoms with E-state index < -0.39 is 24.4 Å². The van der Waals surface area contributed by atoms with Crippen molar-refractivity contribution in [1.29, 1.82) is 0 Å². The quantitative estimate of drug-likeness (QED) is 0.401. The van der Waals surface area contributed by atoms with Gasteiger partial charge in [-0.05, 0) is 43.3 Å². The third-order valence-corrected chi connectivity index (χ3v) is 5.70.